The zero-order valence-electron chi connectivity index (χ0n) is 10.3. The van der Waals surface area contributed by atoms with E-state index in [0.717, 1.165) is 6.07 Å². The molecule has 1 amide bonds. The molecular formula is C13H13ClFN3O. The summed E-state index contributed by atoms with van der Waals surface area (Å²) < 4.78 is 15.2. The van der Waals surface area contributed by atoms with E-state index < -0.39 is 5.82 Å². The molecule has 0 bridgehead atoms. The fourth-order valence-corrected chi connectivity index (χ4v) is 1.85. The van der Waals surface area contributed by atoms with Gasteiger partial charge in [-0.15, -0.1) is 0 Å². The smallest absolute Gasteiger partial charge is 0.226 e. The lowest BCUT2D eigenvalue weighted by Crippen LogP contribution is -2.18. The topological polar surface area (TPSA) is 46.9 Å². The molecule has 19 heavy (non-hydrogen) atoms. The van der Waals surface area contributed by atoms with Crippen molar-refractivity contribution in [3.8, 4) is 0 Å². The minimum atomic E-state index is -0.549. The lowest BCUT2D eigenvalue weighted by atomic mass is 10.2. The Bertz CT molecular complexity index is 571. The van der Waals surface area contributed by atoms with Gasteiger partial charge in [-0.1, -0.05) is 11.6 Å². The Balaban J connectivity index is 1.98. The normalized spacial score (nSPS) is 12.2. The third kappa shape index (κ3) is 3.54. The molecule has 0 radical (unpaired) electrons. The third-order valence-electron chi connectivity index (χ3n) is 2.66. The van der Waals surface area contributed by atoms with Gasteiger partial charge in [0.05, 0.1) is 11.7 Å². The number of hydrogen-bond donors (Lipinski definition) is 1. The number of nitrogens with one attached hydrogen (secondary N) is 1. The van der Waals surface area contributed by atoms with E-state index in [1.54, 1.807) is 23.1 Å². The Labute approximate surface area is 115 Å². The van der Waals surface area contributed by atoms with Gasteiger partial charge in [-0.2, -0.15) is 5.10 Å². The predicted molar refractivity (Wildman–Crippen MR) is 71.6 cm³/mol. The number of carbonyl (C=O) groups excluding carboxylic acids is 1. The Hall–Kier alpha value is -1.88. The molecular weight excluding hydrogens is 269 g/mol. The Morgan fingerprint density at radius 2 is 2.37 bits per heavy atom. The average molecular weight is 282 g/mol. The van der Waals surface area contributed by atoms with Crippen molar-refractivity contribution in [1.29, 1.82) is 0 Å². The molecule has 1 N–H and O–H groups in total. The minimum absolute atomic E-state index is 0.0923. The summed E-state index contributed by atoms with van der Waals surface area (Å²) in [7, 11) is 0. The van der Waals surface area contributed by atoms with Crippen molar-refractivity contribution in [1.82, 2.24) is 9.78 Å². The number of benzene rings is 1. The first-order valence-electron chi connectivity index (χ1n) is 5.80. The number of nitrogens with zero attached hydrogens (tertiary/aromatic N) is 2. The van der Waals surface area contributed by atoms with Crippen LogP contribution >= 0.6 is 11.6 Å². The van der Waals surface area contributed by atoms with Crippen LogP contribution in [0.5, 0.6) is 0 Å². The fourth-order valence-electron chi connectivity index (χ4n) is 1.70. The molecule has 1 aromatic carbocycles. The lowest BCUT2D eigenvalue weighted by molar-refractivity contribution is -0.116. The molecule has 1 heterocycles. The van der Waals surface area contributed by atoms with E-state index in [9.17, 15) is 9.18 Å². The second-order valence-corrected chi connectivity index (χ2v) is 4.65. The van der Waals surface area contributed by atoms with E-state index in [2.05, 4.69) is 10.4 Å². The van der Waals surface area contributed by atoms with Crippen molar-refractivity contribution in [2.45, 2.75) is 19.4 Å². The summed E-state index contributed by atoms with van der Waals surface area (Å²) in [4.78, 5) is 11.8. The SMILES string of the molecule is CC(CC(=O)Nc1ccc(Cl)cc1F)n1cccn1. The van der Waals surface area contributed by atoms with Crippen molar-refractivity contribution < 1.29 is 9.18 Å². The van der Waals surface area contributed by atoms with E-state index in [4.69, 9.17) is 11.6 Å². The van der Waals surface area contributed by atoms with Crippen molar-refractivity contribution in [3.05, 3.63) is 47.5 Å². The fraction of sp³-hybridized carbons (Fsp3) is 0.231. The lowest BCUT2D eigenvalue weighted by Gasteiger charge is -2.12. The van der Waals surface area contributed by atoms with Crippen LogP contribution in [0.25, 0.3) is 0 Å². The quantitative estimate of drug-likeness (QED) is 0.935. The summed E-state index contributed by atoms with van der Waals surface area (Å²) in [6, 6.07) is 5.82. The molecule has 0 saturated carbocycles. The number of aromatic nitrogens is 2. The highest BCUT2D eigenvalue weighted by molar-refractivity contribution is 6.30. The highest BCUT2D eigenvalue weighted by Gasteiger charge is 2.12. The Morgan fingerprint density at radius 1 is 1.58 bits per heavy atom. The number of anilines is 1. The van der Waals surface area contributed by atoms with Crippen LogP contribution in [0.4, 0.5) is 10.1 Å². The Kier molecular flexibility index (Phi) is 4.16. The van der Waals surface area contributed by atoms with Crippen LogP contribution in [-0.4, -0.2) is 15.7 Å². The number of carbonyl (C=O) groups is 1. The van der Waals surface area contributed by atoms with Gasteiger partial charge in [0.25, 0.3) is 0 Å². The predicted octanol–water partition coefficient (Wildman–Crippen LogP) is 3.27. The van der Waals surface area contributed by atoms with Gasteiger partial charge >= 0.3 is 0 Å². The van der Waals surface area contributed by atoms with Gasteiger partial charge in [0.1, 0.15) is 5.82 Å². The summed E-state index contributed by atoms with van der Waals surface area (Å²) in [6.07, 6.45) is 3.64. The van der Waals surface area contributed by atoms with Gasteiger partial charge < -0.3 is 5.32 Å². The van der Waals surface area contributed by atoms with Crippen molar-refractivity contribution in [2.24, 2.45) is 0 Å². The first kappa shape index (κ1) is 13.5. The van der Waals surface area contributed by atoms with E-state index in [0.29, 0.717) is 5.02 Å². The summed E-state index contributed by atoms with van der Waals surface area (Å²) in [5.74, 6) is -0.822. The van der Waals surface area contributed by atoms with Crippen molar-refractivity contribution in [3.63, 3.8) is 0 Å². The summed E-state index contributed by atoms with van der Waals surface area (Å²) >= 11 is 5.64. The molecule has 4 nitrogen and oxygen atoms in total. The maximum absolute atomic E-state index is 13.5. The van der Waals surface area contributed by atoms with Crippen LogP contribution in [0.3, 0.4) is 0 Å². The number of rotatable bonds is 4. The third-order valence-corrected chi connectivity index (χ3v) is 2.90. The second kappa shape index (κ2) is 5.84. The zero-order chi connectivity index (χ0) is 13.8. The monoisotopic (exact) mass is 281 g/mol. The molecule has 6 heteroatoms. The van der Waals surface area contributed by atoms with E-state index in [1.807, 2.05) is 6.92 Å². The van der Waals surface area contributed by atoms with Crippen molar-refractivity contribution in [2.75, 3.05) is 5.32 Å². The molecule has 1 atom stereocenters. The van der Waals surface area contributed by atoms with Crippen LogP contribution in [0.2, 0.25) is 5.02 Å². The standard InChI is InChI=1S/C13H13ClFN3O/c1-9(18-6-2-5-16-18)7-13(19)17-12-4-3-10(14)8-11(12)15/h2-6,8-9H,7H2,1H3,(H,17,19). The summed E-state index contributed by atoms with van der Waals surface area (Å²) in [5, 5.41) is 6.86. The molecule has 1 unspecified atom stereocenters. The largest absolute Gasteiger partial charge is 0.324 e. The Morgan fingerprint density at radius 3 is 3.00 bits per heavy atom. The molecule has 0 aliphatic rings. The van der Waals surface area contributed by atoms with Crippen LogP contribution in [0.1, 0.15) is 19.4 Å². The molecule has 100 valence electrons. The minimum Gasteiger partial charge on any atom is -0.324 e. The molecule has 1 aromatic heterocycles. The van der Waals surface area contributed by atoms with Gasteiger partial charge in [0, 0.05) is 23.8 Å². The number of amides is 1. The molecule has 0 fully saturated rings. The molecule has 0 saturated heterocycles. The number of hydrogen-bond acceptors (Lipinski definition) is 2. The molecule has 0 aliphatic carbocycles. The van der Waals surface area contributed by atoms with Crippen LogP contribution in [0.15, 0.2) is 36.7 Å². The zero-order valence-corrected chi connectivity index (χ0v) is 11.1. The molecule has 0 aliphatic heterocycles. The van der Waals surface area contributed by atoms with Crippen LogP contribution in [0, 0.1) is 5.82 Å². The first-order valence-corrected chi connectivity index (χ1v) is 6.18. The van der Waals surface area contributed by atoms with Crippen molar-refractivity contribution >= 4 is 23.2 Å². The van der Waals surface area contributed by atoms with Crippen LogP contribution < -0.4 is 5.32 Å². The average Bonchev–Trinajstić information content (AvgIpc) is 2.86. The molecule has 2 aromatic rings. The van der Waals surface area contributed by atoms with Crippen LogP contribution in [-0.2, 0) is 4.79 Å². The maximum atomic E-state index is 13.5. The summed E-state index contributed by atoms with van der Waals surface area (Å²) in [5.41, 5.74) is 0.127. The van der Waals surface area contributed by atoms with Gasteiger partial charge in [0.2, 0.25) is 5.91 Å². The highest BCUT2D eigenvalue weighted by Crippen LogP contribution is 2.19. The number of halogens is 2. The maximum Gasteiger partial charge on any atom is 0.226 e. The van der Waals surface area contributed by atoms with E-state index in [-0.39, 0.29) is 24.1 Å². The van der Waals surface area contributed by atoms with E-state index in [1.165, 1.54) is 12.1 Å². The summed E-state index contributed by atoms with van der Waals surface area (Å²) in [6.45, 7) is 1.87. The molecule has 2 rings (SSSR count). The van der Waals surface area contributed by atoms with Gasteiger partial charge in [-0.05, 0) is 31.2 Å². The van der Waals surface area contributed by atoms with Gasteiger partial charge in [-0.3, -0.25) is 9.48 Å². The highest BCUT2D eigenvalue weighted by atomic mass is 35.5. The van der Waals surface area contributed by atoms with Gasteiger partial charge in [-0.25, -0.2) is 4.39 Å². The second-order valence-electron chi connectivity index (χ2n) is 4.21. The molecule has 0 spiro atoms. The van der Waals surface area contributed by atoms with Gasteiger partial charge in [0.15, 0.2) is 0 Å². The first-order chi connectivity index (χ1) is 9.06. The van der Waals surface area contributed by atoms with E-state index >= 15 is 0 Å².